The van der Waals surface area contributed by atoms with Gasteiger partial charge in [0.1, 0.15) is 0 Å². The summed E-state index contributed by atoms with van der Waals surface area (Å²) >= 11 is 7.32. The van der Waals surface area contributed by atoms with Crippen molar-refractivity contribution in [2.75, 3.05) is 5.32 Å². The average Bonchev–Trinajstić information content (AvgIpc) is 3.30. The number of halogens is 1. The molecule has 0 aliphatic carbocycles. The first-order valence-electron chi connectivity index (χ1n) is 8.03. The maximum absolute atomic E-state index is 5.86. The fourth-order valence-electron chi connectivity index (χ4n) is 2.59. The van der Waals surface area contributed by atoms with Gasteiger partial charge in [0, 0.05) is 27.9 Å². The summed E-state index contributed by atoms with van der Waals surface area (Å²) in [6, 6.07) is 15.9. The van der Waals surface area contributed by atoms with Crippen molar-refractivity contribution in [2.45, 2.75) is 13.5 Å². The number of anilines is 1. The van der Waals surface area contributed by atoms with Gasteiger partial charge in [-0.25, -0.2) is 4.98 Å². The highest BCUT2D eigenvalue weighted by Gasteiger charge is 2.12. The van der Waals surface area contributed by atoms with E-state index in [1.807, 2.05) is 55.5 Å². The summed E-state index contributed by atoms with van der Waals surface area (Å²) in [5.41, 5.74) is 3.91. The van der Waals surface area contributed by atoms with Crippen LogP contribution in [0.25, 0.3) is 22.8 Å². The van der Waals surface area contributed by atoms with E-state index < -0.39 is 0 Å². The Morgan fingerprint density at radius 3 is 2.85 bits per heavy atom. The van der Waals surface area contributed by atoms with Gasteiger partial charge in [-0.2, -0.15) is 4.98 Å². The highest BCUT2D eigenvalue weighted by atomic mass is 35.5. The highest BCUT2D eigenvalue weighted by molar-refractivity contribution is 7.15. The second kappa shape index (κ2) is 7.27. The first kappa shape index (κ1) is 16.8. The third-order valence-electron chi connectivity index (χ3n) is 3.91. The van der Waals surface area contributed by atoms with Crippen LogP contribution in [0, 0.1) is 6.92 Å². The van der Waals surface area contributed by atoms with Crippen LogP contribution in [0.4, 0.5) is 5.69 Å². The van der Waals surface area contributed by atoms with Gasteiger partial charge in [0.2, 0.25) is 5.82 Å². The molecule has 2 aromatic heterocycles. The van der Waals surface area contributed by atoms with Crippen LogP contribution in [0.1, 0.15) is 10.4 Å². The third kappa shape index (κ3) is 3.61. The van der Waals surface area contributed by atoms with Gasteiger partial charge < -0.3 is 9.84 Å². The first-order chi connectivity index (χ1) is 12.7. The lowest BCUT2D eigenvalue weighted by atomic mass is 10.1. The molecule has 0 bridgehead atoms. The Balaban J connectivity index is 1.54. The van der Waals surface area contributed by atoms with Crippen LogP contribution in [0.5, 0.6) is 0 Å². The zero-order chi connectivity index (χ0) is 17.9. The van der Waals surface area contributed by atoms with Crippen LogP contribution in [0.3, 0.4) is 0 Å². The first-order valence-corrected chi connectivity index (χ1v) is 9.23. The van der Waals surface area contributed by atoms with Crippen molar-refractivity contribution in [3.8, 4) is 22.8 Å². The molecule has 2 heterocycles. The Labute approximate surface area is 159 Å². The Morgan fingerprint density at radius 2 is 2.04 bits per heavy atom. The second-order valence-corrected chi connectivity index (χ2v) is 7.45. The smallest absolute Gasteiger partial charge is 0.258 e. The lowest BCUT2D eigenvalue weighted by molar-refractivity contribution is 0.432. The zero-order valence-corrected chi connectivity index (χ0v) is 15.5. The monoisotopic (exact) mass is 382 g/mol. The van der Waals surface area contributed by atoms with Crippen molar-refractivity contribution >= 4 is 28.6 Å². The van der Waals surface area contributed by atoms with Crippen molar-refractivity contribution in [3.63, 3.8) is 0 Å². The number of aryl methyl sites for hydroxylation is 1. The molecule has 0 unspecified atom stereocenters. The van der Waals surface area contributed by atoms with Gasteiger partial charge in [0.05, 0.1) is 6.54 Å². The quantitative estimate of drug-likeness (QED) is 0.498. The normalized spacial score (nSPS) is 10.8. The van der Waals surface area contributed by atoms with Crippen molar-refractivity contribution in [1.82, 2.24) is 15.1 Å². The maximum Gasteiger partial charge on any atom is 0.258 e. The fraction of sp³-hybridized carbons (Fsp3) is 0.105. The van der Waals surface area contributed by atoms with Crippen LogP contribution in [0.2, 0.25) is 4.47 Å². The van der Waals surface area contributed by atoms with E-state index in [1.54, 1.807) is 6.20 Å². The van der Waals surface area contributed by atoms with Crippen LogP contribution >= 0.6 is 22.9 Å². The molecule has 0 aliphatic rings. The summed E-state index contributed by atoms with van der Waals surface area (Å²) in [5.74, 6) is 1.09. The predicted molar refractivity (Wildman–Crippen MR) is 104 cm³/mol. The molecule has 0 saturated heterocycles. The van der Waals surface area contributed by atoms with Gasteiger partial charge >= 0.3 is 0 Å². The average molecular weight is 383 g/mol. The van der Waals surface area contributed by atoms with Crippen LogP contribution in [-0.2, 0) is 6.54 Å². The lowest BCUT2D eigenvalue weighted by Gasteiger charge is -2.05. The number of hydrogen-bond acceptors (Lipinski definition) is 6. The Hall–Kier alpha value is -2.70. The Morgan fingerprint density at radius 1 is 1.15 bits per heavy atom. The van der Waals surface area contributed by atoms with Crippen molar-refractivity contribution in [1.29, 1.82) is 0 Å². The summed E-state index contributed by atoms with van der Waals surface area (Å²) in [6.45, 7) is 2.69. The zero-order valence-electron chi connectivity index (χ0n) is 13.9. The molecule has 0 atom stereocenters. The highest BCUT2D eigenvalue weighted by Crippen LogP contribution is 2.26. The van der Waals surface area contributed by atoms with E-state index in [0.717, 1.165) is 27.3 Å². The number of nitrogens with zero attached hydrogens (tertiary/aromatic N) is 3. The van der Waals surface area contributed by atoms with Gasteiger partial charge in [-0.1, -0.05) is 47.1 Å². The predicted octanol–water partition coefficient (Wildman–Crippen LogP) is 5.43. The molecule has 4 rings (SSSR count). The van der Waals surface area contributed by atoms with E-state index in [2.05, 4.69) is 20.4 Å². The minimum atomic E-state index is 0.493. The number of hydrogen-bond donors (Lipinski definition) is 1. The molecule has 5 nitrogen and oxygen atoms in total. The number of nitrogens with one attached hydrogen (secondary N) is 1. The molecule has 26 heavy (non-hydrogen) atoms. The van der Waals surface area contributed by atoms with E-state index in [1.165, 1.54) is 11.3 Å². The van der Waals surface area contributed by atoms with Crippen LogP contribution in [0.15, 0.2) is 59.3 Å². The molecule has 1 N–H and O–H groups in total. The molecule has 7 heteroatoms. The standard InChI is InChI=1S/C19H15ClN4OS/c1-12-5-2-3-8-16(12)17-23-18(25-24-17)13-6-4-7-14(9-13)21-10-15-11-22-19(20)26-15/h2-9,11,21H,10H2,1H3. The lowest BCUT2D eigenvalue weighted by Crippen LogP contribution is -1.97. The van der Waals surface area contributed by atoms with Gasteiger partial charge in [-0.3, -0.25) is 0 Å². The summed E-state index contributed by atoms with van der Waals surface area (Å²) in [6.07, 6.45) is 1.77. The summed E-state index contributed by atoms with van der Waals surface area (Å²) in [5, 5.41) is 7.48. The van der Waals surface area contributed by atoms with Crippen LogP contribution in [-0.4, -0.2) is 15.1 Å². The fourth-order valence-corrected chi connectivity index (χ4v) is 3.51. The largest absolute Gasteiger partial charge is 0.380 e. The molecule has 2 aromatic carbocycles. The van der Waals surface area contributed by atoms with E-state index in [9.17, 15) is 0 Å². The van der Waals surface area contributed by atoms with Gasteiger partial charge in [-0.15, -0.1) is 11.3 Å². The van der Waals surface area contributed by atoms with Gasteiger partial charge in [0.15, 0.2) is 4.47 Å². The molecule has 130 valence electrons. The SMILES string of the molecule is Cc1ccccc1-c1noc(-c2cccc(NCc3cnc(Cl)s3)c2)n1. The molecule has 0 saturated carbocycles. The molecule has 0 fully saturated rings. The number of rotatable bonds is 5. The number of thiazole rings is 1. The summed E-state index contributed by atoms with van der Waals surface area (Å²) in [4.78, 5) is 9.66. The molecule has 0 spiro atoms. The molecular weight excluding hydrogens is 368 g/mol. The van der Waals surface area contributed by atoms with E-state index >= 15 is 0 Å². The second-order valence-electron chi connectivity index (χ2n) is 5.75. The topological polar surface area (TPSA) is 63.8 Å². The maximum atomic E-state index is 5.86. The molecule has 0 aliphatic heterocycles. The van der Waals surface area contributed by atoms with Crippen molar-refractivity contribution in [3.05, 3.63) is 69.6 Å². The third-order valence-corrected chi connectivity index (χ3v) is 5.03. The molecular formula is C19H15ClN4OS. The van der Waals surface area contributed by atoms with Gasteiger partial charge in [-0.05, 0) is 30.7 Å². The van der Waals surface area contributed by atoms with Crippen LogP contribution < -0.4 is 5.32 Å². The van der Waals surface area contributed by atoms with Crippen molar-refractivity contribution in [2.24, 2.45) is 0 Å². The molecule has 4 aromatic rings. The molecule has 0 amide bonds. The van der Waals surface area contributed by atoms with E-state index in [0.29, 0.717) is 22.7 Å². The van der Waals surface area contributed by atoms with E-state index in [-0.39, 0.29) is 0 Å². The minimum absolute atomic E-state index is 0.493. The van der Waals surface area contributed by atoms with E-state index in [4.69, 9.17) is 16.1 Å². The minimum Gasteiger partial charge on any atom is -0.380 e. The van der Waals surface area contributed by atoms with Crippen molar-refractivity contribution < 1.29 is 4.52 Å². The summed E-state index contributed by atoms with van der Waals surface area (Å²) < 4.78 is 6.01. The Bertz CT molecular complexity index is 1040. The summed E-state index contributed by atoms with van der Waals surface area (Å²) in [7, 11) is 0. The number of aromatic nitrogens is 3. The molecule has 0 radical (unpaired) electrons. The Kier molecular flexibility index (Phi) is 4.69. The number of benzene rings is 2. The van der Waals surface area contributed by atoms with Gasteiger partial charge in [0.25, 0.3) is 5.89 Å².